The minimum absolute atomic E-state index is 0.0593. The predicted molar refractivity (Wildman–Crippen MR) is 123 cm³/mol. The first-order chi connectivity index (χ1) is 15.4. The molecule has 4 aromatic rings. The van der Waals surface area contributed by atoms with Crippen LogP contribution in [0.5, 0.6) is 0 Å². The highest BCUT2D eigenvalue weighted by atomic mass is 35.5. The van der Waals surface area contributed by atoms with Gasteiger partial charge in [0, 0.05) is 37.3 Å². The van der Waals surface area contributed by atoms with E-state index in [2.05, 4.69) is 10.4 Å². The third-order valence-electron chi connectivity index (χ3n) is 5.00. The van der Waals surface area contributed by atoms with E-state index in [1.165, 1.54) is 6.92 Å². The van der Waals surface area contributed by atoms with E-state index in [1.54, 1.807) is 59.3 Å². The Morgan fingerprint density at radius 1 is 1.09 bits per heavy atom. The molecule has 2 aromatic heterocycles. The van der Waals surface area contributed by atoms with Gasteiger partial charge in [-0.1, -0.05) is 29.8 Å². The first-order valence-corrected chi connectivity index (χ1v) is 10.3. The molecule has 0 spiro atoms. The Hall–Kier alpha value is -3.84. The number of amides is 2. The normalized spacial score (nSPS) is 10.7. The SMILES string of the molecule is CC(=O)N(C)Cc1ccccc1NC(=O)c1cc(-c2ccco2)n(-c2ccc(Cl)cc2)n1. The van der Waals surface area contributed by atoms with Crippen LogP contribution in [0.3, 0.4) is 0 Å². The molecule has 0 radical (unpaired) electrons. The summed E-state index contributed by atoms with van der Waals surface area (Å²) in [5, 5.41) is 8.03. The molecule has 1 N–H and O–H groups in total. The van der Waals surface area contributed by atoms with Crippen molar-refractivity contribution in [2.75, 3.05) is 12.4 Å². The van der Waals surface area contributed by atoms with E-state index in [4.69, 9.17) is 16.0 Å². The molecule has 0 saturated carbocycles. The quantitative estimate of drug-likeness (QED) is 0.449. The summed E-state index contributed by atoms with van der Waals surface area (Å²) in [7, 11) is 1.71. The Morgan fingerprint density at radius 2 is 1.84 bits per heavy atom. The molecular weight excluding hydrogens is 428 g/mol. The number of furan rings is 1. The van der Waals surface area contributed by atoms with Gasteiger partial charge in [0.25, 0.3) is 5.91 Å². The molecule has 0 saturated heterocycles. The largest absolute Gasteiger partial charge is 0.463 e. The van der Waals surface area contributed by atoms with Crippen molar-refractivity contribution in [2.45, 2.75) is 13.5 Å². The van der Waals surface area contributed by atoms with Crippen LogP contribution >= 0.6 is 11.6 Å². The van der Waals surface area contributed by atoms with E-state index in [9.17, 15) is 9.59 Å². The number of carbonyl (C=O) groups is 2. The molecule has 0 aliphatic rings. The maximum Gasteiger partial charge on any atom is 0.276 e. The van der Waals surface area contributed by atoms with E-state index in [0.29, 0.717) is 28.7 Å². The third kappa shape index (κ3) is 4.58. The summed E-state index contributed by atoms with van der Waals surface area (Å²) in [6.45, 7) is 1.88. The van der Waals surface area contributed by atoms with Gasteiger partial charge in [0.05, 0.1) is 12.0 Å². The number of para-hydroxylation sites is 1. The Morgan fingerprint density at radius 3 is 2.53 bits per heavy atom. The average Bonchev–Trinajstić information content (AvgIpc) is 3.45. The molecule has 0 bridgehead atoms. The molecule has 8 heteroatoms. The molecule has 0 aliphatic heterocycles. The number of anilines is 1. The first-order valence-electron chi connectivity index (χ1n) is 9.93. The number of rotatable bonds is 6. The van der Waals surface area contributed by atoms with Gasteiger partial charge in [-0.15, -0.1) is 0 Å². The third-order valence-corrected chi connectivity index (χ3v) is 5.25. The van der Waals surface area contributed by atoms with Gasteiger partial charge in [0.1, 0.15) is 5.69 Å². The van der Waals surface area contributed by atoms with E-state index in [-0.39, 0.29) is 17.5 Å². The second-order valence-corrected chi connectivity index (χ2v) is 7.70. The molecule has 162 valence electrons. The lowest BCUT2D eigenvalue weighted by Gasteiger charge is -2.17. The van der Waals surface area contributed by atoms with Crippen LogP contribution in [0.4, 0.5) is 5.69 Å². The van der Waals surface area contributed by atoms with Crippen LogP contribution < -0.4 is 5.32 Å². The second kappa shape index (κ2) is 9.11. The fraction of sp³-hybridized carbons (Fsp3) is 0.125. The number of hydrogen-bond acceptors (Lipinski definition) is 4. The van der Waals surface area contributed by atoms with Crippen molar-refractivity contribution in [1.82, 2.24) is 14.7 Å². The van der Waals surface area contributed by atoms with E-state index >= 15 is 0 Å². The number of halogens is 1. The fourth-order valence-corrected chi connectivity index (χ4v) is 3.33. The highest BCUT2D eigenvalue weighted by Gasteiger charge is 2.19. The van der Waals surface area contributed by atoms with E-state index in [0.717, 1.165) is 11.3 Å². The zero-order valence-corrected chi connectivity index (χ0v) is 18.3. The molecule has 2 heterocycles. The van der Waals surface area contributed by atoms with Crippen molar-refractivity contribution < 1.29 is 14.0 Å². The van der Waals surface area contributed by atoms with Crippen molar-refractivity contribution in [3.63, 3.8) is 0 Å². The van der Waals surface area contributed by atoms with Crippen LogP contribution in [0.1, 0.15) is 23.0 Å². The van der Waals surface area contributed by atoms with Crippen molar-refractivity contribution in [2.24, 2.45) is 0 Å². The summed E-state index contributed by atoms with van der Waals surface area (Å²) in [5.74, 6) is 0.148. The summed E-state index contributed by atoms with van der Waals surface area (Å²) in [5.41, 5.74) is 3.03. The number of carbonyl (C=O) groups excluding carboxylic acids is 2. The van der Waals surface area contributed by atoms with Gasteiger partial charge in [-0.2, -0.15) is 5.10 Å². The molecule has 2 aromatic carbocycles. The number of nitrogens with zero attached hydrogens (tertiary/aromatic N) is 3. The summed E-state index contributed by atoms with van der Waals surface area (Å²) in [4.78, 5) is 26.3. The molecule has 0 aliphatic carbocycles. The second-order valence-electron chi connectivity index (χ2n) is 7.27. The summed E-state index contributed by atoms with van der Waals surface area (Å²) >= 11 is 6.02. The first kappa shape index (κ1) is 21.4. The van der Waals surface area contributed by atoms with Gasteiger partial charge in [0.15, 0.2) is 11.5 Å². The highest BCUT2D eigenvalue weighted by Crippen LogP contribution is 2.26. The Bertz CT molecular complexity index is 1250. The lowest BCUT2D eigenvalue weighted by atomic mass is 10.1. The number of hydrogen-bond donors (Lipinski definition) is 1. The molecule has 0 fully saturated rings. The smallest absolute Gasteiger partial charge is 0.276 e. The lowest BCUT2D eigenvalue weighted by molar-refractivity contribution is -0.128. The average molecular weight is 449 g/mol. The monoisotopic (exact) mass is 448 g/mol. The fourth-order valence-electron chi connectivity index (χ4n) is 3.20. The van der Waals surface area contributed by atoms with Gasteiger partial charge in [-0.3, -0.25) is 9.59 Å². The van der Waals surface area contributed by atoms with Crippen molar-refractivity contribution in [3.8, 4) is 17.1 Å². The zero-order valence-electron chi connectivity index (χ0n) is 17.6. The minimum Gasteiger partial charge on any atom is -0.463 e. The van der Waals surface area contributed by atoms with Crippen LogP contribution in [-0.2, 0) is 11.3 Å². The van der Waals surface area contributed by atoms with Crippen LogP contribution in [0, 0.1) is 0 Å². The Kier molecular flexibility index (Phi) is 6.09. The molecule has 7 nitrogen and oxygen atoms in total. The Balaban J connectivity index is 1.66. The van der Waals surface area contributed by atoms with Gasteiger partial charge < -0.3 is 14.6 Å². The van der Waals surface area contributed by atoms with Crippen LogP contribution in [0.15, 0.2) is 77.4 Å². The molecule has 4 rings (SSSR count). The maximum absolute atomic E-state index is 13.1. The summed E-state index contributed by atoms with van der Waals surface area (Å²) < 4.78 is 7.18. The molecule has 32 heavy (non-hydrogen) atoms. The predicted octanol–water partition coefficient (Wildman–Crippen LogP) is 5.02. The van der Waals surface area contributed by atoms with Crippen molar-refractivity contribution in [1.29, 1.82) is 0 Å². The highest BCUT2D eigenvalue weighted by molar-refractivity contribution is 6.30. The van der Waals surface area contributed by atoms with Crippen LogP contribution in [-0.4, -0.2) is 33.5 Å². The molecular formula is C24H21ClN4O3. The van der Waals surface area contributed by atoms with Crippen LogP contribution in [0.25, 0.3) is 17.1 Å². The minimum atomic E-state index is -0.372. The number of aromatic nitrogens is 2. The molecule has 0 unspecified atom stereocenters. The van der Waals surface area contributed by atoms with Crippen molar-refractivity contribution in [3.05, 3.63) is 89.3 Å². The topological polar surface area (TPSA) is 80.4 Å². The lowest BCUT2D eigenvalue weighted by Crippen LogP contribution is -2.24. The maximum atomic E-state index is 13.1. The van der Waals surface area contributed by atoms with Crippen LogP contribution in [0.2, 0.25) is 5.02 Å². The standard InChI is InChI=1S/C24H21ClN4O3/c1-16(30)28(2)15-17-6-3-4-7-20(17)26-24(31)21-14-22(23-8-5-13-32-23)29(27-21)19-11-9-18(25)10-12-19/h3-14H,15H2,1-2H3,(H,26,31). The van der Waals surface area contributed by atoms with Gasteiger partial charge >= 0.3 is 0 Å². The van der Waals surface area contributed by atoms with Gasteiger partial charge in [-0.05, 0) is 48.0 Å². The molecule has 0 atom stereocenters. The number of nitrogens with one attached hydrogen (secondary N) is 1. The van der Waals surface area contributed by atoms with E-state index in [1.807, 2.05) is 30.3 Å². The summed E-state index contributed by atoms with van der Waals surface area (Å²) in [6.07, 6.45) is 1.57. The van der Waals surface area contributed by atoms with Gasteiger partial charge in [-0.25, -0.2) is 4.68 Å². The zero-order chi connectivity index (χ0) is 22.7. The molecule has 2 amide bonds. The van der Waals surface area contributed by atoms with E-state index < -0.39 is 0 Å². The van der Waals surface area contributed by atoms with Gasteiger partial charge in [0.2, 0.25) is 5.91 Å². The van der Waals surface area contributed by atoms with Crippen molar-refractivity contribution >= 4 is 29.1 Å². The number of benzene rings is 2. The summed E-state index contributed by atoms with van der Waals surface area (Å²) in [6, 6.07) is 19.8. The Labute approximate surface area is 190 Å².